The Kier molecular flexibility index (Phi) is 4.53. The minimum atomic E-state index is -4.62. The lowest BCUT2D eigenvalue weighted by Crippen LogP contribution is -2.28. The molecule has 3 aromatic rings. The first-order chi connectivity index (χ1) is 12.2. The number of alkyl halides is 3. The highest BCUT2D eigenvalue weighted by atomic mass is 35.5. The largest absolute Gasteiger partial charge is 0.431 e. The van der Waals surface area contributed by atoms with E-state index in [4.69, 9.17) is 11.6 Å². The topological polar surface area (TPSA) is 66.9 Å². The molecule has 0 aliphatic carbocycles. The Morgan fingerprint density at radius 1 is 1.15 bits per heavy atom. The van der Waals surface area contributed by atoms with Gasteiger partial charge in [0.05, 0.1) is 0 Å². The molecule has 0 radical (unpaired) electrons. The van der Waals surface area contributed by atoms with Crippen molar-refractivity contribution >= 4 is 28.2 Å². The highest BCUT2D eigenvalue weighted by Crippen LogP contribution is 2.28. The smallest absolute Gasteiger partial charge is 0.376 e. The predicted molar refractivity (Wildman–Crippen MR) is 93.6 cm³/mol. The lowest BCUT2D eigenvalue weighted by Gasteiger charge is -2.13. The molecule has 0 fully saturated rings. The fourth-order valence-corrected chi connectivity index (χ4v) is 2.78. The number of hydrogen-bond acceptors (Lipinski definition) is 3. The van der Waals surface area contributed by atoms with Gasteiger partial charge in [-0.3, -0.25) is 9.59 Å². The summed E-state index contributed by atoms with van der Waals surface area (Å²) in [6.45, 7) is -0.0294. The standard InChI is InChI=1S/C17H13ClF3N3O2/c1-24-14(17(19,20)21)5-4-13(16(24)26)22-8-10-6-9-7-11(18)2-3-12(9)23-15(10)25/h2-7,22H,8H2,1H3,(H,23,25). The van der Waals surface area contributed by atoms with E-state index >= 15 is 0 Å². The zero-order valence-electron chi connectivity index (χ0n) is 13.4. The van der Waals surface area contributed by atoms with Crippen LogP contribution in [0.2, 0.25) is 5.02 Å². The van der Waals surface area contributed by atoms with Crippen molar-refractivity contribution in [2.75, 3.05) is 5.32 Å². The van der Waals surface area contributed by atoms with E-state index in [1.54, 1.807) is 24.3 Å². The van der Waals surface area contributed by atoms with E-state index in [2.05, 4.69) is 10.3 Å². The number of nitrogens with one attached hydrogen (secondary N) is 2. The molecule has 1 aromatic carbocycles. The molecule has 5 nitrogen and oxygen atoms in total. The van der Waals surface area contributed by atoms with E-state index in [1.165, 1.54) is 0 Å². The molecular formula is C17H13ClF3N3O2. The van der Waals surface area contributed by atoms with Gasteiger partial charge in [-0.1, -0.05) is 11.6 Å². The van der Waals surface area contributed by atoms with Gasteiger partial charge in [-0.05, 0) is 36.4 Å². The third-order valence-corrected chi connectivity index (χ3v) is 4.18. The number of fused-ring (bicyclic) bond motifs is 1. The normalized spacial score (nSPS) is 11.7. The van der Waals surface area contributed by atoms with Crippen molar-refractivity contribution in [2.45, 2.75) is 12.7 Å². The Morgan fingerprint density at radius 3 is 2.58 bits per heavy atom. The summed E-state index contributed by atoms with van der Waals surface area (Å²) in [5.74, 6) is 0. The van der Waals surface area contributed by atoms with Crippen LogP contribution in [-0.2, 0) is 19.8 Å². The van der Waals surface area contributed by atoms with Crippen molar-refractivity contribution in [1.29, 1.82) is 0 Å². The molecule has 0 bridgehead atoms. The molecule has 0 amide bonds. The minimum absolute atomic E-state index is 0.0294. The maximum absolute atomic E-state index is 12.8. The summed E-state index contributed by atoms with van der Waals surface area (Å²) in [5.41, 5.74) is -1.36. The van der Waals surface area contributed by atoms with Gasteiger partial charge < -0.3 is 14.9 Å². The predicted octanol–water partition coefficient (Wildman–Crippen LogP) is 3.51. The van der Waals surface area contributed by atoms with Crippen LogP contribution in [0.1, 0.15) is 11.3 Å². The number of hydrogen-bond donors (Lipinski definition) is 2. The van der Waals surface area contributed by atoms with Crippen molar-refractivity contribution in [3.8, 4) is 0 Å². The number of benzene rings is 1. The van der Waals surface area contributed by atoms with Crippen LogP contribution < -0.4 is 16.4 Å². The van der Waals surface area contributed by atoms with Crippen molar-refractivity contribution < 1.29 is 13.2 Å². The molecule has 0 aliphatic heterocycles. The van der Waals surface area contributed by atoms with Gasteiger partial charge in [0.2, 0.25) is 0 Å². The summed E-state index contributed by atoms with van der Waals surface area (Å²) in [5, 5.41) is 3.92. The molecule has 0 saturated carbocycles. The van der Waals surface area contributed by atoms with E-state index in [9.17, 15) is 22.8 Å². The van der Waals surface area contributed by atoms with Crippen molar-refractivity contribution in [2.24, 2.45) is 7.05 Å². The first-order valence-electron chi connectivity index (χ1n) is 7.49. The fraction of sp³-hybridized carbons (Fsp3) is 0.176. The highest BCUT2D eigenvalue weighted by Gasteiger charge is 2.33. The lowest BCUT2D eigenvalue weighted by atomic mass is 10.1. The van der Waals surface area contributed by atoms with Gasteiger partial charge >= 0.3 is 6.18 Å². The number of pyridine rings is 2. The number of rotatable bonds is 3. The molecule has 0 unspecified atom stereocenters. The molecule has 2 heterocycles. The van der Waals surface area contributed by atoms with Gasteiger partial charge in [0.1, 0.15) is 11.4 Å². The molecule has 0 atom stereocenters. The zero-order valence-corrected chi connectivity index (χ0v) is 14.2. The highest BCUT2D eigenvalue weighted by molar-refractivity contribution is 6.31. The van der Waals surface area contributed by atoms with Crippen LogP contribution in [0.15, 0.2) is 46.0 Å². The van der Waals surface area contributed by atoms with Gasteiger partial charge in [0.25, 0.3) is 11.1 Å². The molecule has 2 N–H and O–H groups in total. The van der Waals surface area contributed by atoms with Crippen LogP contribution in [0.25, 0.3) is 10.9 Å². The summed E-state index contributed by atoms with van der Waals surface area (Å²) in [6.07, 6.45) is -4.62. The number of H-pyrrole nitrogens is 1. The van der Waals surface area contributed by atoms with Crippen molar-refractivity contribution in [1.82, 2.24) is 9.55 Å². The molecule has 9 heteroatoms. The van der Waals surface area contributed by atoms with E-state index in [0.717, 1.165) is 19.2 Å². The van der Waals surface area contributed by atoms with Crippen LogP contribution in [0.5, 0.6) is 0 Å². The zero-order chi connectivity index (χ0) is 19.1. The first kappa shape index (κ1) is 18.1. The number of nitrogens with zero attached hydrogens (tertiary/aromatic N) is 1. The van der Waals surface area contributed by atoms with Gasteiger partial charge in [0.15, 0.2) is 0 Å². The summed E-state index contributed by atoms with van der Waals surface area (Å²) in [4.78, 5) is 26.9. The molecule has 26 heavy (non-hydrogen) atoms. The van der Waals surface area contributed by atoms with Crippen LogP contribution in [0, 0.1) is 0 Å². The van der Waals surface area contributed by atoms with Crippen LogP contribution in [0.4, 0.5) is 18.9 Å². The van der Waals surface area contributed by atoms with Gasteiger partial charge in [-0.15, -0.1) is 0 Å². The Hall–Kier alpha value is -2.74. The van der Waals surface area contributed by atoms with Gasteiger partial charge in [0, 0.05) is 35.1 Å². The summed E-state index contributed by atoms with van der Waals surface area (Å²) < 4.78 is 38.9. The Bertz CT molecular complexity index is 1100. The fourth-order valence-electron chi connectivity index (χ4n) is 2.60. The van der Waals surface area contributed by atoms with Crippen molar-refractivity contribution in [3.05, 3.63) is 73.4 Å². The monoisotopic (exact) mass is 383 g/mol. The second kappa shape index (κ2) is 6.53. The SMILES string of the molecule is Cn1c(C(F)(F)F)ccc(NCc2cc3cc(Cl)ccc3[nH]c2=O)c1=O. The number of halogens is 4. The van der Waals surface area contributed by atoms with E-state index in [0.29, 0.717) is 26.1 Å². The second-order valence-corrected chi connectivity index (χ2v) is 6.14. The van der Waals surface area contributed by atoms with Crippen LogP contribution in [0.3, 0.4) is 0 Å². The number of anilines is 1. The summed E-state index contributed by atoms with van der Waals surface area (Å²) >= 11 is 5.93. The first-order valence-corrected chi connectivity index (χ1v) is 7.87. The molecular weight excluding hydrogens is 371 g/mol. The van der Waals surface area contributed by atoms with E-state index in [1.807, 2.05) is 0 Å². The number of aromatic amines is 1. The maximum atomic E-state index is 12.8. The van der Waals surface area contributed by atoms with Crippen LogP contribution >= 0.6 is 11.6 Å². The molecule has 2 aromatic heterocycles. The molecule has 0 aliphatic rings. The Balaban J connectivity index is 1.91. The summed E-state index contributed by atoms with van der Waals surface area (Å²) in [7, 11) is 1.04. The maximum Gasteiger partial charge on any atom is 0.431 e. The van der Waals surface area contributed by atoms with Crippen molar-refractivity contribution in [3.63, 3.8) is 0 Å². The van der Waals surface area contributed by atoms with Gasteiger partial charge in [-0.2, -0.15) is 13.2 Å². The van der Waals surface area contributed by atoms with E-state index in [-0.39, 0.29) is 17.8 Å². The number of aromatic nitrogens is 2. The third kappa shape index (κ3) is 3.45. The molecule has 136 valence electrons. The lowest BCUT2D eigenvalue weighted by molar-refractivity contribution is -0.143. The van der Waals surface area contributed by atoms with E-state index < -0.39 is 17.4 Å². The van der Waals surface area contributed by atoms with Gasteiger partial charge in [-0.25, -0.2) is 0 Å². The third-order valence-electron chi connectivity index (χ3n) is 3.95. The molecule has 0 spiro atoms. The average Bonchev–Trinajstić information content (AvgIpc) is 2.55. The molecule has 0 saturated heterocycles. The Morgan fingerprint density at radius 2 is 1.88 bits per heavy atom. The molecule has 3 rings (SSSR count). The average molecular weight is 384 g/mol. The second-order valence-electron chi connectivity index (χ2n) is 5.70. The quantitative estimate of drug-likeness (QED) is 0.727. The van der Waals surface area contributed by atoms with Crippen LogP contribution in [-0.4, -0.2) is 9.55 Å². The minimum Gasteiger partial charge on any atom is -0.376 e. The Labute approximate surface area is 150 Å². The summed E-state index contributed by atoms with van der Waals surface area (Å²) in [6, 6.07) is 8.46.